The highest BCUT2D eigenvalue weighted by Crippen LogP contribution is 2.28. The number of rotatable bonds is 9. The Kier molecular flexibility index (Phi) is 7.88. The van der Waals surface area contributed by atoms with E-state index in [2.05, 4.69) is 23.7 Å². The third kappa shape index (κ3) is 5.53. The molecule has 0 aliphatic rings. The SMILES string of the molecule is CCC(=O)N(CCCN(CC)CC)c1nc(-c2ccc(Cl)cc2)cs1. The third-order valence-corrected chi connectivity index (χ3v) is 5.33. The van der Waals surface area contributed by atoms with Gasteiger partial charge >= 0.3 is 0 Å². The zero-order valence-corrected chi connectivity index (χ0v) is 16.7. The highest BCUT2D eigenvalue weighted by atomic mass is 35.5. The number of aromatic nitrogens is 1. The van der Waals surface area contributed by atoms with E-state index in [1.165, 1.54) is 11.3 Å². The van der Waals surface area contributed by atoms with Gasteiger partial charge in [0.25, 0.3) is 0 Å². The van der Waals surface area contributed by atoms with Crippen LogP contribution in [0.25, 0.3) is 11.3 Å². The van der Waals surface area contributed by atoms with Crippen molar-refractivity contribution in [2.75, 3.05) is 31.1 Å². The van der Waals surface area contributed by atoms with Gasteiger partial charge in [0, 0.05) is 28.9 Å². The molecule has 2 rings (SSSR count). The Labute approximate surface area is 159 Å². The maximum Gasteiger partial charge on any atom is 0.228 e. The van der Waals surface area contributed by atoms with Crippen LogP contribution in [0.5, 0.6) is 0 Å². The van der Waals surface area contributed by atoms with E-state index < -0.39 is 0 Å². The Hall–Kier alpha value is -1.43. The summed E-state index contributed by atoms with van der Waals surface area (Å²) in [5.41, 5.74) is 1.90. The number of carbonyl (C=O) groups excluding carboxylic acids is 1. The lowest BCUT2D eigenvalue weighted by Crippen LogP contribution is -2.34. The van der Waals surface area contributed by atoms with E-state index in [0.717, 1.165) is 42.4 Å². The monoisotopic (exact) mass is 379 g/mol. The maximum atomic E-state index is 12.4. The number of anilines is 1. The van der Waals surface area contributed by atoms with Crippen LogP contribution in [-0.2, 0) is 4.79 Å². The average molecular weight is 380 g/mol. The van der Waals surface area contributed by atoms with Crippen molar-refractivity contribution < 1.29 is 4.79 Å². The summed E-state index contributed by atoms with van der Waals surface area (Å²) in [6, 6.07) is 7.62. The smallest absolute Gasteiger partial charge is 0.228 e. The number of halogens is 1. The standard InChI is InChI=1S/C19H26ClN3OS/c1-4-18(24)23(13-7-12-22(5-2)6-3)19-21-17(14-25-19)15-8-10-16(20)11-9-15/h8-11,14H,4-7,12-13H2,1-3H3. The number of hydrogen-bond acceptors (Lipinski definition) is 4. The molecule has 0 fully saturated rings. The minimum absolute atomic E-state index is 0.122. The predicted octanol–water partition coefficient (Wildman–Crippen LogP) is 4.94. The second-order valence-corrected chi connectivity index (χ2v) is 7.07. The van der Waals surface area contributed by atoms with Crippen LogP contribution in [0.2, 0.25) is 5.02 Å². The normalized spacial score (nSPS) is 11.1. The Morgan fingerprint density at radius 1 is 1.12 bits per heavy atom. The number of thiazole rings is 1. The third-order valence-electron chi connectivity index (χ3n) is 4.22. The van der Waals surface area contributed by atoms with Gasteiger partial charge in [-0.05, 0) is 38.2 Å². The van der Waals surface area contributed by atoms with Crippen molar-refractivity contribution in [3.8, 4) is 11.3 Å². The molecule has 0 saturated carbocycles. The van der Waals surface area contributed by atoms with Crippen LogP contribution in [0, 0.1) is 0 Å². The van der Waals surface area contributed by atoms with Crippen molar-refractivity contribution in [2.24, 2.45) is 0 Å². The largest absolute Gasteiger partial charge is 0.304 e. The highest BCUT2D eigenvalue weighted by molar-refractivity contribution is 7.14. The fraction of sp³-hybridized carbons (Fsp3) is 0.474. The highest BCUT2D eigenvalue weighted by Gasteiger charge is 2.18. The summed E-state index contributed by atoms with van der Waals surface area (Å²) < 4.78 is 0. The van der Waals surface area contributed by atoms with Gasteiger partial charge in [-0.3, -0.25) is 9.69 Å². The van der Waals surface area contributed by atoms with Crippen LogP contribution in [0.15, 0.2) is 29.6 Å². The minimum atomic E-state index is 0.122. The Morgan fingerprint density at radius 3 is 2.40 bits per heavy atom. The van der Waals surface area contributed by atoms with Crippen molar-refractivity contribution in [1.29, 1.82) is 0 Å². The fourth-order valence-corrected chi connectivity index (χ4v) is 3.65. The van der Waals surface area contributed by atoms with Crippen LogP contribution in [0.3, 0.4) is 0 Å². The predicted molar refractivity (Wildman–Crippen MR) is 108 cm³/mol. The van der Waals surface area contributed by atoms with Crippen molar-refractivity contribution in [3.63, 3.8) is 0 Å². The molecular weight excluding hydrogens is 354 g/mol. The molecule has 1 aromatic carbocycles. The minimum Gasteiger partial charge on any atom is -0.304 e. The van der Waals surface area contributed by atoms with Gasteiger partial charge in [0.15, 0.2) is 5.13 Å². The van der Waals surface area contributed by atoms with Crippen LogP contribution in [0.4, 0.5) is 5.13 Å². The van der Waals surface area contributed by atoms with Crippen molar-refractivity contribution in [3.05, 3.63) is 34.7 Å². The maximum absolute atomic E-state index is 12.4. The lowest BCUT2D eigenvalue weighted by molar-refractivity contribution is -0.118. The molecule has 1 amide bonds. The number of hydrogen-bond donors (Lipinski definition) is 0. The Balaban J connectivity index is 2.10. The second-order valence-electron chi connectivity index (χ2n) is 5.80. The lowest BCUT2D eigenvalue weighted by atomic mass is 10.2. The lowest BCUT2D eigenvalue weighted by Gasteiger charge is -2.22. The molecule has 2 aromatic rings. The van der Waals surface area contributed by atoms with Gasteiger partial charge in [0.2, 0.25) is 5.91 Å². The first-order chi connectivity index (χ1) is 12.1. The van der Waals surface area contributed by atoms with Gasteiger partial charge in [-0.25, -0.2) is 4.98 Å². The van der Waals surface area contributed by atoms with Crippen LogP contribution < -0.4 is 4.90 Å². The van der Waals surface area contributed by atoms with Crippen molar-refractivity contribution in [1.82, 2.24) is 9.88 Å². The first-order valence-corrected chi connectivity index (χ1v) is 10.1. The molecule has 0 atom stereocenters. The number of nitrogens with zero attached hydrogens (tertiary/aromatic N) is 3. The molecular formula is C19H26ClN3OS. The summed E-state index contributed by atoms with van der Waals surface area (Å²) in [5.74, 6) is 0.122. The summed E-state index contributed by atoms with van der Waals surface area (Å²) in [5, 5.41) is 3.48. The first-order valence-electron chi connectivity index (χ1n) is 8.83. The van der Waals surface area contributed by atoms with E-state index in [1.807, 2.05) is 41.5 Å². The topological polar surface area (TPSA) is 36.4 Å². The van der Waals surface area contributed by atoms with Crippen molar-refractivity contribution in [2.45, 2.75) is 33.6 Å². The molecule has 0 aliphatic carbocycles. The molecule has 1 aromatic heterocycles. The zero-order chi connectivity index (χ0) is 18.2. The zero-order valence-electron chi connectivity index (χ0n) is 15.2. The van der Waals surface area contributed by atoms with E-state index in [0.29, 0.717) is 18.0 Å². The fourth-order valence-electron chi connectivity index (χ4n) is 2.65. The van der Waals surface area contributed by atoms with E-state index >= 15 is 0 Å². The van der Waals surface area contributed by atoms with E-state index in [9.17, 15) is 4.79 Å². The summed E-state index contributed by atoms with van der Waals surface area (Å²) in [6.45, 7) is 10.0. The van der Waals surface area contributed by atoms with E-state index in [4.69, 9.17) is 11.6 Å². The summed E-state index contributed by atoms with van der Waals surface area (Å²) in [7, 11) is 0. The molecule has 0 radical (unpaired) electrons. The van der Waals surface area contributed by atoms with Gasteiger partial charge in [-0.1, -0.05) is 44.5 Å². The van der Waals surface area contributed by atoms with Gasteiger partial charge < -0.3 is 4.90 Å². The molecule has 0 N–H and O–H groups in total. The van der Waals surface area contributed by atoms with Crippen molar-refractivity contribution >= 4 is 34.0 Å². The van der Waals surface area contributed by atoms with Crippen LogP contribution in [-0.4, -0.2) is 42.0 Å². The Morgan fingerprint density at radius 2 is 1.80 bits per heavy atom. The molecule has 25 heavy (non-hydrogen) atoms. The number of carbonyl (C=O) groups is 1. The first kappa shape index (κ1) is 19.9. The van der Waals surface area contributed by atoms with Gasteiger partial charge in [-0.2, -0.15) is 0 Å². The number of amides is 1. The molecule has 0 aliphatic heterocycles. The molecule has 1 heterocycles. The summed E-state index contributed by atoms with van der Waals surface area (Å²) in [4.78, 5) is 21.3. The molecule has 0 unspecified atom stereocenters. The van der Waals surface area contributed by atoms with Gasteiger partial charge in [0.05, 0.1) is 5.69 Å². The average Bonchev–Trinajstić information content (AvgIpc) is 3.11. The van der Waals surface area contributed by atoms with Gasteiger partial charge in [-0.15, -0.1) is 11.3 Å². The summed E-state index contributed by atoms with van der Waals surface area (Å²) >= 11 is 7.47. The van der Waals surface area contributed by atoms with Gasteiger partial charge in [0.1, 0.15) is 0 Å². The van der Waals surface area contributed by atoms with Crippen LogP contribution in [0.1, 0.15) is 33.6 Å². The van der Waals surface area contributed by atoms with E-state index in [-0.39, 0.29) is 5.91 Å². The second kappa shape index (κ2) is 9.90. The molecule has 136 valence electrons. The molecule has 0 bridgehead atoms. The summed E-state index contributed by atoms with van der Waals surface area (Å²) in [6.07, 6.45) is 1.43. The quantitative estimate of drug-likeness (QED) is 0.619. The number of benzene rings is 1. The molecule has 6 heteroatoms. The molecule has 0 saturated heterocycles. The molecule has 4 nitrogen and oxygen atoms in total. The van der Waals surface area contributed by atoms with E-state index in [1.54, 1.807) is 0 Å². The van der Waals surface area contributed by atoms with Crippen LogP contribution >= 0.6 is 22.9 Å². The molecule has 0 spiro atoms. The Bertz CT molecular complexity index is 668.